The van der Waals surface area contributed by atoms with Crippen LogP contribution < -0.4 is 10.1 Å². The maximum atomic E-state index is 5.38. The third kappa shape index (κ3) is 4.75. The average Bonchev–Trinajstić information content (AvgIpc) is 2.34. The number of nitrogens with one attached hydrogen (secondary N) is 1. The van der Waals surface area contributed by atoms with Crippen molar-refractivity contribution in [3.63, 3.8) is 0 Å². The minimum Gasteiger partial charge on any atom is -0.496 e. The van der Waals surface area contributed by atoms with Crippen LogP contribution in [0.25, 0.3) is 0 Å². The van der Waals surface area contributed by atoms with Crippen molar-refractivity contribution in [3.8, 4) is 5.75 Å². The van der Waals surface area contributed by atoms with Crippen LogP contribution in [0.5, 0.6) is 5.75 Å². The fourth-order valence-electron chi connectivity index (χ4n) is 1.83. The van der Waals surface area contributed by atoms with Crippen LogP contribution >= 0.6 is 0 Å². The Morgan fingerprint density at radius 3 is 2.71 bits per heavy atom. The normalized spacial score (nSPS) is 10.9. The number of benzene rings is 1. The summed E-state index contributed by atoms with van der Waals surface area (Å²) in [6, 6.07) is 6.36. The van der Waals surface area contributed by atoms with E-state index in [9.17, 15) is 0 Å². The summed E-state index contributed by atoms with van der Waals surface area (Å²) in [5.74, 6) is 0.998. The van der Waals surface area contributed by atoms with E-state index in [1.807, 2.05) is 7.05 Å². The van der Waals surface area contributed by atoms with Gasteiger partial charge in [-0.3, -0.25) is 0 Å². The first-order chi connectivity index (χ1) is 8.17. The summed E-state index contributed by atoms with van der Waals surface area (Å²) in [5, 5.41) is 3.16. The molecule has 0 amide bonds. The minimum atomic E-state index is 0.998. The number of rotatable bonds is 7. The predicted molar refractivity (Wildman–Crippen MR) is 72.9 cm³/mol. The van der Waals surface area contributed by atoms with Gasteiger partial charge in [-0.15, -0.1) is 0 Å². The third-order valence-corrected chi connectivity index (χ3v) is 2.94. The van der Waals surface area contributed by atoms with Gasteiger partial charge in [0.05, 0.1) is 7.11 Å². The van der Waals surface area contributed by atoms with Gasteiger partial charge in [0.25, 0.3) is 0 Å². The molecule has 0 saturated heterocycles. The lowest BCUT2D eigenvalue weighted by molar-refractivity contribution is 0.336. The Hall–Kier alpha value is -1.06. The van der Waals surface area contributed by atoms with Crippen molar-refractivity contribution in [3.05, 3.63) is 29.3 Å². The van der Waals surface area contributed by atoms with Crippen molar-refractivity contribution in [1.82, 2.24) is 10.2 Å². The number of hydrogen-bond donors (Lipinski definition) is 1. The Labute approximate surface area is 105 Å². The second-order valence-corrected chi connectivity index (χ2v) is 4.47. The summed E-state index contributed by atoms with van der Waals surface area (Å²) in [6.07, 6.45) is 1.03. The molecule has 1 aromatic rings. The number of likely N-dealkylation sites (N-methyl/N-ethyl adjacent to an activating group) is 2. The highest BCUT2D eigenvalue weighted by molar-refractivity contribution is 5.37. The SMILES string of the molecule is CNCCN(C)CCc1cc(C)ccc1OC. The van der Waals surface area contributed by atoms with Gasteiger partial charge in [0.2, 0.25) is 0 Å². The predicted octanol–water partition coefficient (Wildman–Crippen LogP) is 1.70. The zero-order valence-electron chi connectivity index (χ0n) is 11.4. The van der Waals surface area contributed by atoms with Crippen LogP contribution in [-0.4, -0.2) is 45.7 Å². The molecule has 0 aliphatic heterocycles. The topological polar surface area (TPSA) is 24.5 Å². The molecule has 0 bridgehead atoms. The molecule has 0 unspecified atom stereocenters. The molecule has 96 valence electrons. The van der Waals surface area contributed by atoms with Gasteiger partial charge < -0.3 is 15.0 Å². The number of nitrogens with zero attached hydrogens (tertiary/aromatic N) is 1. The standard InChI is InChI=1S/C14H24N2O/c1-12-5-6-14(17-4)13(11-12)7-9-16(3)10-8-15-2/h5-6,11,15H,7-10H2,1-4H3. The molecule has 0 aliphatic rings. The summed E-state index contributed by atoms with van der Waals surface area (Å²) < 4.78 is 5.38. The molecule has 1 N–H and O–H groups in total. The molecule has 0 fully saturated rings. The van der Waals surface area contributed by atoms with E-state index in [4.69, 9.17) is 4.74 Å². The Kier molecular flexibility index (Phi) is 6.01. The summed E-state index contributed by atoms with van der Waals surface area (Å²) >= 11 is 0. The van der Waals surface area contributed by atoms with Crippen LogP contribution in [0.2, 0.25) is 0 Å². The Bertz CT molecular complexity index is 339. The summed E-state index contributed by atoms with van der Waals surface area (Å²) in [6.45, 7) is 5.28. The number of hydrogen-bond acceptors (Lipinski definition) is 3. The lowest BCUT2D eigenvalue weighted by Crippen LogP contribution is -2.29. The van der Waals surface area contributed by atoms with Crippen molar-refractivity contribution in [2.75, 3.05) is 40.8 Å². The fraction of sp³-hybridized carbons (Fsp3) is 0.571. The van der Waals surface area contributed by atoms with Gasteiger partial charge in [0.1, 0.15) is 5.75 Å². The van der Waals surface area contributed by atoms with Gasteiger partial charge in [-0.25, -0.2) is 0 Å². The molecule has 1 aromatic carbocycles. The highest BCUT2D eigenvalue weighted by atomic mass is 16.5. The van der Waals surface area contributed by atoms with Crippen molar-refractivity contribution in [2.24, 2.45) is 0 Å². The second kappa shape index (κ2) is 7.30. The molecule has 3 heteroatoms. The van der Waals surface area contributed by atoms with Crippen molar-refractivity contribution < 1.29 is 4.74 Å². The van der Waals surface area contributed by atoms with Crippen molar-refractivity contribution >= 4 is 0 Å². The fourth-order valence-corrected chi connectivity index (χ4v) is 1.83. The van der Waals surface area contributed by atoms with Gasteiger partial charge in [0, 0.05) is 19.6 Å². The highest BCUT2D eigenvalue weighted by Crippen LogP contribution is 2.20. The molecule has 0 atom stereocenters. The number of aryl methyl sites for hydroxylation is 1. The Morgan fingerprint density at radius 1 is 1.29 bits per heavy atom. The van der Waals surface area contributed by atoms with Crippen molar-refractivity contribution in [2.45, 2.75) is 13.3 Å². The molecule has 3 nitrogen and oxygen atoms in total. The van der Waals surface area contributed by atoms with Crippen LogP contribution in [0.4, 0.5) is 0 Å². The van der Waals surface area contributed by atoms with Gasteiger partial charge in [-0.2, -0.15) is 0 Å². The summed E-state index contributed by atoms with van der Waals surface area (Å²) in [4.78, 5) is 2.33. The molecule has 0 saturated carbocycles. The largest absolute Gasteiger partial charge is 0.496 e. The van der Waals surface area contributed by atoms with E-state index in [1.165, 1.54) is 11.1 Å². The first-order valence-electron chi connectivity index (χ1n) is 6.14. The van der Waals surface area contributed by atoms with E-state index >= 15 is 0 Å². The first kappa shape index (κ1) is 14.0. The van der Waals surface area contributed by atoms with E-state index in [1.54, 1.807) is 7.11 Å². The van der Waals surface area contributed by atoms with Crippen LogP contribution in [0, 0.1) is 6.92 Å². The van der Waals surface area contributed by atoms with E-state index in [0.717, 1.165) is 31.8 Å². The summed E-state index contributed by atoms with van der Waals surface area (Å²) in [7, 11) is 5.87. The smallest absolute Gasteiger partial charge is 0.122 e. The summed E-state index contributed by atoms with van der Waals surface area (Å²) in [5.41, 5.74) is 2.59. The second-order valence-electron chi connectivity index (χ2n) is 4.47. The minimum absolute atomic E-state index is 0.998. The molecule has 0 heterocycles. The van der Waals surface area contributed by atoms with E-state index in [0.29, 0.717) is 0 Å². The molecule has 0 aromatic heterocycles. The lowest BCUT2D eigenvalue weighted by Gasteiger charge is -2.17. The van der Waals surface area contributed by atoms with E-state index < -0.39 is 0 Å². The average molecular weight is 236 g/mol. The zero-order chi connectivity index (χ0) is 12.7. The molecule has 1 rings (SSSR count). The quantitative estimate of drug-likeness (QED) is 0.780. The maximum absolute atomic E-state index is 5.38. The first-order valence-corrected chi connectivity index (χ1v) is 6.14. The molecular formula is C14H24N2O. The van der Waals surface area contributed by atoms with Crippen LogP contribution in [-0.2, 0) is 6.42 Å². The van der Waals surface area contributed by atoms with Gasteiger partial charge in [-0.1, -0.05) is 17.7 Å². The molecule has 0 aliphatic carbocycles. The van der Waals surface area contributed by atoms with Gasteiger partial charge in [0.15, 0.2) is 0 Å². The highest BCUT2D eigenvalue weighted by Gasteiger charge is 2.05. The molecular weight excluding hydrogens is 212 g/mol. The van der Waals surface area contributed by atoms with Crippen LogP contribution in [0.3, 0.4) is 0 Å². The maximum Gasteiger partial charge on any atom is 0.122 e. The monoisotopic (exact) mass is 236 g/mol. The van der Waals surface area contributed by atoms with Crippen LogP contribution in [0.1, 0.15) is 11.1 Å². The van der Waals surface area contributed by atoms with Gasteiger partial charge >= 0.3 is 0 Å². The molecule has 17 heavy (non-hydrogen) atoms. The molecule has 0 radical (unpaired) electrons. The van der Waals surface area contributed by atoms with Crippen LogP contribution in [0.15, 0.2) is 18.2 Å². The zero-order valence-corrected chi connectivity index (χ0v) is 11.4. The Morgan fingerprint density at radius 2 is 2.06 bits per heavy atom. The van der Waals surface area contributed by atoms with E-state index in [2.05, 4.69) is 42.4 Å². The Balaban J connectivity index is 2.52. The van der Waals surface area contributed by atoms with Gasteiger partial charge in [-0.05, 0) is 39.1 Å². The number of methoxy groups -OCH3 is 1. The lowest BCUT2D eigenvalue weighted by atomic mass is 10.1. The van der Waals surface area contributed by atoms with Crippen molar-refractivity contribution in [1.29, 1.82) is 0 Å². The van der Waals surface area contributed by atoms with E-state index in [-0.39, 0.29) is 0 Å². The third-order valence-electron chi connectivity index (χ3n) is 2.94. The molecule has 0 spiro atoms. The number of ether oxygens (including phenoxy) is 1.